The molecule has 5 aromatic rings. The predicted octanol–water partition coefficient (Wildman–Crippen LogP) is 6.76. The van der Waals surface area contributed by atoms with Crippen molar-refractivity contribution < 1.29 is 31.6 Å². The fourth-order valence-electron chi connectivity index (χ4n) is 4.30. The number of anilines is 1. The lowest BCUT2D eigenvalue weighted by molar-refractivity contribution is 0.0528. The van der Waals surface area contributed by atoms with E-state index in [4.69, 9.17) is 9.15 Å². The highest BCUT2D eigenvalue weighted by atomic mass is 32.2. The molecule has 9 heteroatoms. The summed E-state index contributed by atoms with van der Waals surface area (Å²) in [5.74, 6) is -1.85. The Morgan fingerprint density at radius 3 is 2.23 bits per heavy atom. The normalized spacial score (nSPS) is 11.4. The molecule has 0 N–H and O–H groups in total. The molecule has 0 aliphatic carbocycles. The van der Waals surface area contributed by atoms with Gasteiger partial charge in [0, 0.05) is 16.5 Å². The van der Waals surface area contributed by atoms with Gasteiger partial charge in [-0.25, -0.2) is 17.6 Å². The van der Waals surface area contributed by atoms with Crippen LogP contribution >= 0.6 is 0 Å². The molecule has 0 unspecified atom stereocenters. The quantitative estimate of drug-likeness (QED) is 0.205. The van der Waals surface area contributed by atoms with Gasteiger partial charge in [0.05, 0.1) is 17.2 Å². The largest absolute Gasteiger partial charge is 0.462 e. The molecule has 7 nitrogen and oxygen atoms in total. The Labute approximate surface area is 230 Å². The number of nitrogens with zero attached hydrogens (tertiary/aromatic N) is 1. The number of halogens is 1. The van der Waals surface area contributed by atoms with Crippen LogP contribution in [0.2, 0.25) is 0 Å². The Hall–Kier alpha value is -4.76. The number of carbonyl (C=O) groups excluding carboxylic acids is 2. The molecule has 0 saturated heterocycles. The fraction of sp³-hybridized carbons (Fsp3) is 0.0968. The fourth-order valence-corrected chi connectivity index (χ4v) is 5.71. The topological polar surface area (TPSA) is 93.9 Å². The summed E-state index contributed by atoms with van der Waals surface area (Å²) in [5, 5.41) is 0.269. The zero-order chi connectivity index (χ0) is 28.4. The standard InChI is InChI=1S/C31H24FNO6S/c1-3-38-31(35)28-26-19-24(15-18-27(26)39-29(28)21-7-5-4-6-8-21)33(30(34)22-11-9-20(2)10-12-22)40(36,37)25-16-13-23(32)14-17-25/h4-19H,3H2,1-2H3. The van der Waals surface area contributed by atoms with Crippen LogP contribution in [0.15, 0.2) is 106 Å². The summed E-state index contributed by atoms with van der Waals surface area (Å²) < 4.78 is 53.4. The van der Waals surface area contributed by atoms with Gasteiger partial charge in [-0.2, -0.15) is 4.31 Å². The number of aryl methyl sites for hydroxylation is 1. The third-order valence-corrected chi connectivity index (χ3v) is 7.98. The number of carbonyl (C=O) groups is 2. The van der Waals surface area contributed by atoms with Crippen molar-refractivity contribution in [2.75, 3.05) is 10.9 Å². The van der Waals surface area contributed by atoms with Crippen LogP contribution < -0.4 is 4.31 Å². The number of furan rings is 1. The Bertz CT molecular complexity index is 1810. The first kappa shape index (κ1) is 26.8. The molecule has 0 bridgehead atoms. The average Bonchev–Trinajstić information content (AvgIpc) is 3.33. The van der Waals surface area contributed by atoms with E-state index in [-0.39, 0.29) is 39.5 Å². The minimum absolute atomic E-state index is 0.0339. The minimum Gasteiger partial charge on any atom is -0.462 e. The Morgan fingerprint density at radius 2 is 1.57 bits per heavy atom. The van der Waals surface area contributed by atoms with Gasteiger partial charge >= 0.3 is 5.97 Å². The smallest absolute Gasteiger partial charge is 0.342 e. The second kappa shape index (κ2) is 10.8. The van der Waals surface area contributed by atoms with Crippen molar-refractivity contribution in [2.24, 2.45) is 0 Å². The van der Waals surface area contributed by atoms with Gasteiger partial charge in [-0.3, -0.25) is 4.79 Å². The summed E-state index contributed by atoms with van der Waals surface area (Å²) in [7, 11) is -4.52. The summed E-state index contributed by atoms with van der Waals surface area (Å²) in [5.41, 5.74) is 2.00. The first-order valence-electron chi connectivity index (χ1n) is 12.4. The molecule has 1 amide bonds. The molecule has 0 fully saturated rings. The van der Waals surface area contributed by atoms with Gasteiger partial charge in [0.1, 0.15) is 22.7 Å². The van der Waals surface area contributed by atoms with Gasteiger partial charge < -0.3 is 9.15 Å². The number of rotatable bonds is 7. The van der Waals surface area contributed by atoms with Crippen LogP contribution in [-0.2, 0) is 14.8 Å². The number of fused-ring (bicyclic) bond motifs is 1. The van der Waals surface area contributed by atoms with E-state index in [1.165, 1.54) is 30.3 Å². The van der Waals surface area contributed by atoms with Crippen LogP contribution in [0.3, 0.4) is 0 Å². The van der Waals surface area contributed by atoms with Crippen LogP contribution in [0.5, 0.6) is 0 Å². The van der Waals surface area contributed by atoms with Gasteiger partial charge in [0.2, 0.25) is 0 Å². The van der Waals surface area contributed by atoms with Crippen LogP contribution in [0, 0.1) is 12.7 Å². The summed E-state index contributed by atoms with van der Waals surface area (Å²) in [6.07, 6.45) is 0. The number of ether oxygens (including phenoxy) is 1. The summed E-state index contributed by atoms with van der Waals surface area (Å²) >= 11 is 0. The van der Waals surface area contributed by atoms with Crippen LogP contribution in [-0.4, -0.2) is 26.9 Å². The summed E-state index contributed by atoms with van der Waals surface area (Å²) in [6.45, 7) is 3.62. The van der Waals surface area contributed by atoms with Crippen molar-refractivity contribution in [3.8, 4) is 11.3 Å². The first-order chi connectivity index (χ1) is 19.2. The molecule has 4 aromatic carbocycles. The maximum Gasteiger partial charge on any atom is 0.342 e. The molecule has 1 aromatic heterocycles. The third-order valence-electron chi connectivity index (χ3n) is 6.26. The molecule has 1 heterocycles. The lowest BCUT2D eigenvalue weighted by Crippen LogP contribution is -2.37. The maximum absolute atomic E-state index is 13.9. The molecular weight excluding hydrogens is 533 g/mol. The van der Waals surface area contributed by atoms with Crippen molar-refractivity contribution in [3.63, 3.8) is 0 Å². The van der Waals surface area contributed by atoms with Crippen LogP contribution in [0.4, 0.5) is 10.1 Å². The lowest BCUT2D eigenvalue weighted by Gasteiger charge is -2.23. The second-order valence-corrected chi connectivity index (χ2v) is 10.8. The number of benzene rings is 4. The van der Waals surface area contributed by atoms with Crippen molar-refractivity contribution >= 4 is 38.6 Å². The zero-order valence-electron chi connectivity index (χ0n) is 21.6. The SMILES string of the molecule is CCOC(=O)c1c(-c2ccccc2)oc2ccc(N(C(=O)c3ccc(C)cc3)S(=O)(=O)c3ccc(F)cc3)cc12. The molecule has 0 aliphatic rings. The van der Waals surface area contributed by atoms with E-state index < -0.39 is 27.7 Å². The van der Waals surface area contributed by atoms with E-state index >= 15 is 0 Å². The zero-order valence-corrected chi connectivity index (χ0v) is 22.4. The van der Waals surface area contributed by atoms with E-state index in [0.29, 0.717) is 15.5 Å². The van der Waals surface area contributed by atoms with Gasteiger partial charge in [-0.05, 0) is 68.4 Å². The lowest BCUT2D eigenvalue weighted by atomic mass is 10.0. The van der Waals surface area contributed by atoms with Gasteiger partial charge in [-0.15, -0.1) is 0 Å². The molecule has 5 rings (SSSR count). The molecule has 202 valence electrons. The second-order valence-electron chi connectivity index (χ2n) is 8.97. The Kier molecular flexibility index (Phi) is 7.23. The summed E-state index contributed by atoms with van der Waals surface area (Å²) in [4.78, 5) is 26.6. The minimum atomic E-state index is -4.52. The molecule has 40 heavy (non-hydrogen) atoms. The number of hydrogen-bond donors (Lipinski definition) is 0. The van der Waals surface area contributed by atoms with Crippen molar-refractivity contribution in [3.05, 3.63) is 120 Å². The van der Waals surface area contributed by atoms with Gasteiger partial charge in [0.25, 0.3) is 15.9 Å². The number of hydrogen-bond acceptors (Lipinski definition) is 6. The molecule has 0 radical (unpaired) electrons. The predicted molar refractivity (Wildman–Crippen MR) is 149 cm³/mol. The highest BCUT2D eigenvalue weighted by Crippen LogP contribution is 2.37. The number of esters is 1. The van der Waals surface area contributed by atoms with E-state index in [9.17, 15) is 22.4 Å². The monoisotopic (exact) mass is 557 g/mol. The Balaban J connectivity index is 1.74. The molecule has 0 spiro atoms. The van der Waals surface area contributed by atoms with E-state index in [2.05, 4.69) is 0 Å². The van der Waals surface area contributed by atoms with Crippen molar-refractivity contribution in [1.82, 2.24) is 0 Å². The number of amides is 1. The first-order valence-corrected chi connectivity index (χ1v) is 13.9. The highest BCUT2D eigenvalue weighted by Gasteiger charge is 2.33. The maximum atomic E-state index is 13.9. The highest BCUT2D eigenvalue weighted by molar-refractivity contribution is 7.93. The molecule has 0 aliphatic heterocycles. The van der Waals surface area contributed by atoms with Crippen molar-refractivity contribution in [1.29, 1.82) is 0 Å². The van der Waals surface area contributed by atoms with Gasteiger partial charge in [0.15, 0.2) is 0 Å². The van der Waals surface area contributed by atoms with E-state index in [0.717, 1.165) is 29.8 Å². The van der Waals surface area contributed by atoms with Crippen molar-refractivity contribution in [2.45, 2.75) is 18.7 Å². The molecular formula is C31H24FNO6S. The van der Waals surface area contributed by atoms with Crippen LogP contribution in [0.25, 0.3) is 22.3 Å². The van der Waals surface area contributed by atoms with Crippen LogP contribution in [0.1, 0.15) is 33.2 Å². The van der Waals surface area contributed by atoms with Gasteiger partial charge in [-0.1, -0.05) is 48.0 Å². The average molecular weight is 558 g/mol. The Morgan fingerprint density at radius 1 is 0.900 bits per heavy atom. The number of sulfonamides is 1. The summed E-state index contributed by atoms with van der Waals surface area (Å²) in [6, 6.07) is 23.9. The third kappa shape index (κ3) is 4.99. The van der Waals surface area contributed by atoms with E-state index in [1.807, 2.05) is 13.0 Å². The molecule has 0 saturated carbocycles. The van der Waals surface area contributed by atoms with E-state index in [1.54, 1.807) is 43.3 Å². The molecule has 0 atom stereocenters.